The molecule has 0 aliphatic heterocycles. The Morgan fingerprint density at radius 2 is 1.88 bits per heavy atom. The summed E-state index contributed by atoms with van der Waals surface area (Å²) in [5.41, 5.74) is 3.37. The third kappa shape index (κ3) is 3.62. The number of sulfone groups is 1. The molecule has 7 heteroatoms. The van der Waals surface area contributed by atoms with Crippen LogP contribution in [0, 0.1) is 11.2 Å². The van der Waals surface area contributed by atoms with Crippen molar-refractivity contribution in [3.63, 3.8) is 0 Å². The summed E-state index contributed by atoms with van der Waals surface area (Å²) in [4.78, 5) is 0.367. The van der Waals surface area contributed by atoms with E-state index >= 15 is 0 Å². The molecule has 1 saturated carbocycles. The van der Waals surface area contributed by atoms with Crippen molar-refractivity contribution in [1.82, 2.24) is 9.78 Å². The van der Waals surface area contributed by atoms with Gasteiger partial charge in [0.2, 0.25) is 0 Å². The molecule has 0 amide bonds. The number of aromatic nitrogens is 2. The summed E-state index contributed by atoms with van der Waals surface area (Å²) in [5.74, 6) is -0.232. The lowest BCUT2D eigenvalue weighted by molar-refractivity contribution is -0.0462. The number of nitrogens with zero attached hydrogens (tertiary/aromatic N) is 2. The SMILES string of the molecule is CCS(=O)(=O)c1ccccc1CC[C@]1(O)CCC2=Cc3c(cnn3-c3ccc(F)cc3)C[C@@]21C. The average Bonchev–Trinajstić information content (AvgIpc) is 3.34. The van der Waals surface area contributed by atoms with Crippen molar-refractivity contribution < 1.29 is 17.9 Å². The fourth-order valence-corrected chi connectivity index (χ4v) is 6.80. The predicted molar refractivity (Wildman–Crippen MR) is 130 cm³/mol. The number of fused-ring (bicyclic) bond motifs is 2. The fourth-order valence-electron chi connectivity index (χ4n) is 5.63. The summed E-state index contributed by atoms with van der Waals surface area (Å²) in [7, 11) is -3.33. The zero-order chi connectivity index (χ0) is 24.1. The minimum Gasteiger partial charge on any atom is -0.389 e. The quantitative estimate of drug-likeness (QED) is 0.544. The second kappa shape index (κ2) is 8.17. The number of benzene rings is 2. The van der Waals surface area contributed by atoms with E-state index in [1.165, 1.54) is 17.7 Å². The van der Waals surface area contributed by atoms with E-state index in [2.05, 4.69) is 18.1 Å². The van der Waals surface area contributed by atoms with Crippen molar-refractivity contribution in [3.8, 4) is 5.69 Å². The van der Waals surface area contributed by atoms with Crippen LogP contribution >= 0.6 is 0 Å². The Balaban J connectivity index is 1.43. The molecule has 34 heavy (non-hydrogen) atoms. The number of halogens is 1. The molecule has 0 saturated heterocycles. The van der Waals surface area contributed by atoms with Gasteiger partial charge < -0.3 is 5.11 Å². The number of aryl methyl sites for hydroxylation is 1. The van der Waals surface area contributed by atoms with E-state index in [0.29, 0.717) is 30.6 Å². The van der Waals surface area contributed by atoms with Crippen LogP contribution in [0.25, 0.3) is 11.8 Å². The molecule has 0 radical (unpaired) electrons. The van der Waals surface area contributed by atoms with Crippen LogP contribution in [0.1, 0.15) is 49.9 Å². The van der Waals surface area contributed by atoms with Crippen LogP contribution < -0.4 is 0 Å². The molecule has 0 spiro atoms. The molecule has 1 N–H and O–H groups in total. The topological polar surface area (TPSA) is 72.2 Å². The van der Waals surface area contributed by atoms with Gasteiger partial charge in [-0.1, -0.05) is 37.6 Å². The molecule has 2 aliphatic rings. The van der Waals surface area contributed by atoms with Crippen LogP contribution in [0.3, 0.4) is 0 Å². The second-order valence-electron chi connectivity index (χ2n) is 9.66. The van der Waals surface area contributed by atoms with Crippen LogP contribution in [0.2, 0.25) is 0 Å². The van der Waals surface area contributed by atoms with E-state index in [0.717, 1.165) is 28.9 Å². The smallest absolute Gasteiger partial charge is 0.178 e. The van der Waals surface area contributed by atoms with Crippen LogP contribution in [0.4, 0.5) is 4.39 Å². The molecule has 1 heterocycles. The Bertz CT molecular complexity index is 1380. The molecule has 0 bridgehead atoms. The van der Waals surface area contributed by atoms with Crippen LogP contribution in [-0.2, 0) is 22.7 Å². The first-order chi connectivity index (χ1) is 16.2. The molecule has 5 rings (SSSR count). The van der Waals surface area contributed by atoms with Crippen molar-refractivity contribution in [1.29, 1.82) is 0 Å². The Morgan fingerprint density at radius 3 is 2.62 bits per heavy atom. The normalized spacial score (nSPS) is 23.9. The Morgan fingerprint density at radius 1 is 1.15 bits per heavy atom. The predicted octanol–water partition coefficient (Wildman–Crippen LogP) is 4.91. The van der Waals surface area contributed by atoms with Gasteiger partial charge >= 0.3 is 0 Å². The highest BCUT2D eigenvalue weighted by atomic mass is 32.2. The number of aliphatic hydroxyl groups is 1. The maximum Gasteiger partial charge on any atom is 0.178 e. The lowest BCUT2D eigenvalue weighted by atomic mass is 9.65. The Kier molecular flexibility index (Phi) is 5.52. The molecule has 2 aliphatic carbocycles. The first-order valence-corrected chi connectivity index (χ1v) is 13.4. The van der Waals surface area contributed by atoms with Gasteiger partial charge in [0.15, 0.2) is 9.84 Å². The molecular formula is C27H29FN2O3S. The molecule has 1 aromatic heterocycles. The monoisotopic (exact) mass is 480 g/mol. The summed E-state index contributed by atoms with van der Waals surface area (Å²) < 4.78 is 40.3. The third-order valence-electron chi connectivity index (χ3n) is 7.85. The third-order valence-corrected chi connectivity index (χ3v) is 9.68. The average molecular weight is 481 g/mol. The molecule has 0 unspecified atom stereocenters. The molecule has 5 nitrogen and oxygen atoms in total. The lowest BCUT2D eigenvalue weighted by Crippen LogP contribution is -2.45. The van der Waals surface area contributed by atoms with Gasteiger partial charge in [-0.05, 0) is 79.6 Å². The maximum absolute atomic E-state index is 13.4. The molecular weight excluding hydrogens is 451 g/mol. The summed E-state index contributed by atoms with van der Waals surface area (Å²) in [5, 5.41) is 16.4. The van der Waals surface area contributed by atoms with Crippen molar-refractivity contribution in [3.05, 3.63) is 82.9 Å². The summed E-state index contributed by atoms with van der Waals surface area (Å²) in [6.07, 6.45) is 7.00. The van der Waals surface area contributed by atoms with E-state index in [4.69, 9.17) is 0 Å². The van der Waals surface area contributed by atoms with Crippen LogP contribution in [-0.4, -0.2) is 34.7 Å². The van der Waals surface area contributed by atoms with Gasteiger partial charge in [-0.15, -0.1) is 0 Å². The Hall–Kier alpha value is -2.77. The van der Waals surface area contributed by atoms with Gasteiger partial charge in [-0.3, -0.25) is 0 Å². The summed E-state index contributed by atoms with van der Waals surface area (Å²) in [6, 6.07) is 13.4. The molecule has 1 fully saturated rings. The van der Waals surface area contributed by atoms with E-state index < -0.39 is 20.9 Å². The Labute approximate surface area is 199 Å². The highest BCUT2D eigenvalue weighted by molar-refractivity contribution is 7.91. The van der Waals surface area contributed by atoms with Crippen molar-refractivity contribution in [2.45, 2.75) is 56.4 Å². The van der Waals surface area contributed by atoms with Gasteiger partial charge in [0.1, 0.15) is 5.82 Å². The first kappa shape index (κ1) is 23.0. The van der Waals surface area contributed by atoms with Crippen molar-refractivity contribution >= 4 is 15.9 Å². The van der Waals surface area contributed by atoms with E-state index in [1.807, 2.05) is 23.0 Å². The van der Waals surface area contributed by atoms with E-state index in [-0.39, 0.29) is 11.6 Å². The standard InChI is InChI=1S/C27H29FN2O3S/c1-3-34(32,33)25-7-5-4-6-19(25)12-14-27(31)15-13-21-16-24-20(17-26(21,27)2)18-29-30(24)23-10-8-22(28)9-11-23/h4-11,16,18,31H,3,12-15,17H2,1-2H3/t26-,27-/m0/s1. The zero-order valence-corrected chi connectivity index (χ0v) is 20.3. The highest BCUT2D eigenvalue weighted by Gasteiger charge is 2.54. The number of hydrogen-bond acceptors (Lipinski definition) is 4. The van der Waals surface area contributed by atoms with Crippen LogP contribution in [0.15, 0.2) is 65.2 Å². The van der Waals surface area contributed by atoms with Gasteiger partial charge in [-0.25, -0.2) is 17.5 Å². The summed E-state index contributed by atoms with van der Waals surface area (Å²) >= 11 is 0. The fraction of sp³-hybridized carbons (Fsp3) is 0.370. The van der Waals surface area contributed by atoms with Gasteiger partial charge in [-0.2, -0.15) is 5.10 Å². The number of rotatable bonds is 6. The molecule has 2 aromatic carbocycles. The lowest BCUT2D eigenvalue weighted by Gasteiger charge is -2.42. The molecule has 3 aromatic rings. The van der Waals surface area contributed by atoms with Gasteiger partial charge in [0.05, 0.1) is 33.8 Å². The first-order valence-electron chi connectivity index (χ1n) is 11.7. The highest BCUT2D eigenvalue weighted by Crippen LogP contribution is 2.56. The van der Waals surface area contributed by atoms with Gasteiger partial charge in [0.25, 0.3) is 0 Å². The second-order valence-corrected chi connectivity index (χ2v) is 11.9. The molecule has 178 valence electrons. The van der Waals surface area contributed by atoms with E-state index in [1.54, 1.807) is 31.2 Å². The van der Waals surface area contributed by atoms with Gasteiger partial charge in [0, 0.05) is 5.41 Å². The van der Waals surface area contributed by atoms with Crippen molar-refractivity contribution in [2.75, 3.05) is 5.75 Å². The largest absolute Gasteiger partial charge is 0.389 e. The van der Waals surface area contributed by atoms with E-state index in [9.17, 15) is 17.9 Å². The minimum absolute atomic E-state index is 0.0553. The number of hydrogen-bond donors (Lipinski definition) is 1. The van der Waals surface area contributed by atoms with Crippen molar-refractivity contribution in [2.24, 2.45) is 5.41 Å². The maximum atomic E-state index is 13.4. The molecule has 2 atom stereocenters. The zero-order valence-electron chi connectivity index (χ0n) is 19.5. The van der Waals surface area contributed by atoms with Crippen LogP contribution in [0.5, 0.6) is 0 Å². The minimum atomic E-state index is -3.33. The summed E-state index contributed by atoms with van der Waals surface area (Å²) in [6.45, 7) is 3.76.